The summed E-state index contributed by atoms with van der Waals surface area (Å²) < 4.78 is 44.3. The van der Waals surface area contributed by atoms with Crippen LogP contribution < -0.4 is 20.7 Å². The number of alkyl carbamates (subject to hydrolysis) is 1. The van der Waals surface area contributed by atoms with Gasteiger partial charge in [0.25, 0.3) is 0 Å². The third kappa shape index (κ3) is 16.1. The number of rotatable bonds is 24. The van der Waals surface area contributed by atoms with Gasteiger partial charge in [0.2, 0.25) is 21.8 Å². The highest BCUT2D eigenvalue weighted by molar-refractivity contribution is 7.89. The molecule has 2 aromatic carbocycles. The van der Waals surface area contributed by atoms with Gasteiger partial charge in [-0.1, -0.05) is 37.1 Å². The molecule has 312 valence electrons. The summed E-state index contributed by atoms with van der Waals surface area (Å²) in [5, 5.41) is 9.03. The lowest BCUT2D eigenvalue weighted by molar-refractivity contribution is -0.136. The molecule has 15 heteroatoms. The number of ether oxygens (including phenoxy) is 3. The molecule has 1 aliphatic rings. The molecule has 1 heterocycles. The number of amides is 3. The largest absolute Gasteiger partial charge is 0.497 e. The van der Waals surface area contributed by atoms with Crippen molar-refractivity contribution in [3.63, 3.8) is 0 Å². The maximum absolute atomic E-state index is 13.5. The highest BCUT2D eigenvalue weighted by Crippen LogP contribution is 2.27. The van der Waals surface area contributed by atoms with Crippen LogP contribution in [0, 0.1) is 13.8 Å². The first-order chi connectivity index (χ1) is 26.6. The summed E-state index contributed by atoms with van der Waals surface area (Å²) in [4.78, 5) is 44.0. The molecule has 0 saturated carbocycles. The summed E-state index contributed by atoms with van der Waals surface area (Å²) in [5.41, 5.74) is 2.65. The van der Waals surface area contributed by atoms with E-state index in [1.54, 1.807) is 38.0 Å². The van der Waals surface area contributed by atoms with Gasteiger partial charge in [-0.15, -0.1) is 0 Å². The Bertz CT molecular complexity index is 1690. The highest BCUT2D eigenvalue weighted by Gasteiger charge is 2.26. The molecule has 14 nitrogen and oxygen atoms in total. The molecule has 0 aromatic heterocycles. The van der Waals surface area contributed by atoms with Crippen molar-refractivity contribution < 1.29 is 37.0 Å². The number of nitrogens with one attached hydrogen (secondary N) is 3. The van der Waals surface area contributed by atoms with Crippen molar-refractivity contribution >= 4 is 33.8 Å². The molecule has 1 aliphatic heterocycles. The van der Waals surface area contributed by atoms with E-state index in [4.69, 9.17) is 14.2 Å². The number of amidine groups is 1. The zero-order valence-corrected chi connectivity index (χ0v) is 35.3. The maximum Gasteiger partial charge on any atom is 0.407 e. The SMILES string of the molecule is COc1cc(C)c(S(=O)(=O)N(C)CCOCC(=O)N(CCCCCNC(=O)CCCCCCNC(=O)OC(C)(C)C)Cc2ccc(C3=NCCN3)cc2)c(C)c1. The Morgan fingerprint density at radius 3 is 2.16 bits per heavy atom. The fourth-order valence-electron chi connectivity index (χ4n) is 6.22. The van der Waals surface area contributed by atoms with Gasteiger partial charge in [0, 0.05) is 58.3 Å². The molecule has 3 N–H and O–H groups in total. The van der Waals surface area contributed by atoms with Crippen LogP contribution in [0.4, 0.5) is 4.79 Å². The second-order valence-corrected chi connectivity index (χ2v) is 17.1. The first kappa shape index (κ1) is 46.2. The standard InChI is InChI=1S/C41H64N6O8S/c1-31-27-35(53-7)28-32(2)38(31)56(51,52)46(6)25-26-54-30-37(49)47(29-33-16-18-34(19-17-33)39-43-22-23-44-39)24-14-10-13-20-42-36(48)15-11-8-9-12-21-45-40(50)55-41(3,4)5/h16-19,27-28H,8-15,20-26,29-30H2,1-7H3,(H,42,48)(H,43,44)(H,45,50). The molecule has 3 rings (SSSR count). The van der Waals surface area contributed by atoms with E-state index >= 15 is 0 Å². The summed E-state index contributed by atoms with van der Waals surface area (Å²) >= 11 is 0. The minimum Gasteiger partial charge on any atom is -0.497 e. The fraction of sp³-hybridized carbons (Fsp3) is 0.610. The van der Waals surface area contributed by atoms with Crippen LogP contribution in [-0.4, -0.2) is 114 Å². The quantitative estimate of drug-likeness (QED) is 0.123. The number of unbranched alkanes of at least 4 members (excludes halogenated alkanes) is 5. The first-order valence-electron chi connectivity index (χ1n) is 19.7. The molecule has 0 unspecified atom stereocenters. The molecule has 56 heavy (non-hydrogen) atoms. The number of aliphatic imine (C=N–C) groups is 1. The maximum atomic E-state index is 13.5. The van der Waals surface area contributed by atoms with Crippen molar-refractivity contribution in [2.45, 2.75) is 103 Å². The van der Waals surface area contributed by atoms with Gasteiger partial charge in [-0.05, 0) is 95.5 Å². The lowest BCUT2D eigenvalue weighted by Gasteiger charge is -2.24. The van der Waals surface area contributed by atoms with Crippen molar-refractivity contribution in [3.05, 3.63) is 58.7 Å². The predicted octanol–water partition coefficient (Wildman–Crippen LogP) is 5.09. The van der Waals surface area contributed by atoms with Gasteiger partial charge in [-0.25, -0.2) is 13.2 Å². The molecule has 0 fully saturated rings. The first-order valence-corrected chi connectivity index (χ1v) is 21.1. The third-order valence-electron chi connectivity index (χ3n) is 9.17. The monoisotopic (exact) mass is 800 g/mol. The smallest absolute Gasteiger partial charge is 0.407 e. The van der Waals surface area contributed by atoms with Gasteiger partial charge in [0.05, 0.1) is 25.2 Å². The van der Waals surface area contributed by atoms with Crippen LogP contribution in [0.1, 0.15) is 94.4 Å². The van der Waals surface area contributed by atoms with Crippen LogP contribution in [-0.2, 0) is 35.6 Å². The number of nitrogens with zero attached hydrogens (tertiary/aromatic N) is 3. The highest BCUT2D eigenvalue weighted by atomic mass is 32.2. The zero-order chi connectivity index (χ0) is 41.1. The van der Waals surface area contributed by atoms with E-state index in [0.717, 1.165) is 75.0 Å². The Morgan fingerprint density at radius 1 is 0.893 bits per heavy atom. The van der Waals surface area contributed by atoms with Crippen LogP contribution in [0.25, 0.3) is 0 Å². The van der Waals surface area contributed by atoms with E-state index in [0.29, 0.717) is 49.5 Å². The van der Waals surface area contributed by atoms with Crippen molar-refractivity contribution in [2.75, 3.05) is 66.6 Å². The van der Waals surface area contributed by atoms with E-state index in [-0.39, 0.29) is 36.5 Å². The van der Waals surface area contributed by atoms with Gasteiger partial charge in [0.1, 0.15) is 23.8 Å². The number of methoxy groups -OCH3 is 1. The average Bonchev–Trinajstić information content (AvgIpc) is 3.68. The number of aryl methyl sites for hydroxylation is 2. The number of likely N-dealkylation sites (N-methyl/N-ethyl adjacent to an activating group) is 1. The van der Waals surface area contributed by atoms with Crippen molar-refractivity contribution in [1.29, 1.82) is 0 Å². The van der Waals surface area contributed by atoms with E-state index < -0.39 is 21.7 Å². The molecule has 0 aliphatic carbocycles. The summed E-state index contributed by atoms with van der Waals surface area (Å²) in [6, 6.07) is 11.4. The average molecular weight is 801 g/mol. The number of carbonyl (C=O) groups is 3. The van der Waals surface area contributed by atoms with E-state index in [2.05, 4.69) is 20.9 Å². The molecular formula is C41H64N6O8S. The van der Waals surface area contributed by atoms with Gasteiger partial charge < -0.3 is 35.1 Å². The predicted molar refractivity (Wildman–Crippen MR) is 219 cm³/mol. The minimum atomic E-state index is -3.79. The van der Waals surface area contributed by atoms with Crippen LogP contribution in [0.3, 0.4) is 0 Å². The van der Waals surface area contributed by atoms with Crippen LogP contribution in [0.2, 0.25) is 0 Å². The van der Waals surface area contributed by atoms with Crippen LogP contribution in [0.15, 0.2) is 46.3 Å². The van der Waals surface area contributed by atoms with Crippen LogP contribution in [0.5, 0.6) is 5.75 Å². The number of hydrogen-bond donors (Lipinski definition) is 3. The zero-order valence-electron chi connectivity index (χ0n) is 34.5. The lowest BCUT2D eigenvalue weighted by Crippen LogP contribution is -2.36. The topological polar surface area (TPSA) is 168 Å². The normalized spacial score (nSPS) is 12.9. The molecule has 2 aromatic rings. The van der Waals surface area contributed by atoms with Crippen molar-refractivity contribution in [2.24, 2.45) is 4.99 Å². The lowest BCUT2D eigenvalue weighted by atomic mass is 10.1. The molecule has 0 saturated heterocycles. The fourth-order valence-corrected chi connectivity index (χ4v) is 7.77. The number of sulfonamides is 1. The summed E-state index contributed by atoms with van der Waals surface area (Å²) in [6.07, 6.45) is 5.87. The molecule has 0 atom stereocenters. The van der Waals surface area contributed by atoms with Gasteiger partial charge in [-0.3, -0.25) is 14.6 Å². The molecule has 0 bridgehead atoms. The van der Waals surface area contributed by atoms with E-state index in [1.165, 1.54) is 11.4 Å². The second kappa shape index (κ2) is 23.1. The summed E-state index contributed by atoms with van der Waals surface area (Å²) in [6.45, 7) is 12.5. The number of benzene rings is 2. The molecule has 3 amide bonds. The molecule has 0 spiro atoms. The Hall–Kier alpha value is -4.21. The minimum absolute atomic E-state index is 0.0285. The second-order valence-electron chi connectivity index (χ2n) is 15.1. The Kier molecular flexibility index (Phi) is 19.1. The van der Waals surface area contributed by atoms with Crippen molar-refractivity contribution in [1.82, 2.24) is 25.2 Å². The van der Waals surface area contributed by atoms with E-state index in [1.807, 2.05) is 45.0 Å². The van der Waals surface area contributed by atoms with Crippen LogP contribution >= 0.6 is 0 Å². The van der Waals surface area contributed by atoms with Gasteiger partial charge >= 0.3 is 6.09 Å². The third-order valence-corrected chi connectivity index (χ3v) is 11.3. The molecular weight excluding hydrogens is 737 g/mol. The number of carbonyl (C=O) groups excluding carboxylic acids is 3. The van der Waals surface area contributed by atoms with Gasteiger partial charge in [0.15, 0.2) is 0 Å². The molecule has 0 radical (unpaired) electrons. The Balaban J connectivity index is 1.42. The Morgan fingerprint density at radius 2 is 1.54 bits per heavy atom. The summed E-state index contributed by atoms with van der Waals surface area (Å²) in [5.74, 6) is 1.31. The van der Waals surface area contributed by atoms with Crippen molar-refractivity contribution in [3.8, 4) is 5.75 Å². The Labute approximate surface area is 334 Å². The van der Waals surface area contributed by atoms with E-state index in [9.17, 15) is 22.8 Å². The summed E-state index contributed by atoms with van der Waals surface area (Å²) in [7, 11) is -0.737. The number of hydrogen-bond acceptors (Lipinski definition) is 10. The van der Waals surface area contributed by atoms with Gasteiger partial charge in [-0.2, -0.15) is 4.31 Å².